The van der Waals surface area contributed by atoms with Crippen molar-refractivity contribution in [2.75, 3.05) is 37.4 Å². The summed E-state index contributed by atoms with van der Waals surface area (Å²) in [6.07, 6.45) is 4.89. The third-order valence-corrected chi connectivity index (χ3v) is 3.46. The Hall–Kier alpha value is -1.87. The lowest BCUT2D eigenvalue weighted by molar-refractivity contribution is 0.172. The highest BCUT2D eigenvalue weighted by Crippen LogP contribution is 2.23. The minimum Gasteiger partial charge on any atom is -0.385 e. The van der Waals surface area contributed by atoms with Crippen LogP contribution in [0, 0.1) is 17.2 Å². The molecule has 0 aliphatic carbocycles. The standard InChI is InChI=1S/C13H19N5O/c1-19-6-4-10-3-2-5-18(9-10)13-16-8-11(7-14)12(15)17-13/h8,10H,2-6,9H2,1H3,(H2,15,16,17)/t10-/m0/s1. The van der Waals surface area contributed by atoms with Crippen LogP contribution < -0.4 is 10.6 Å². The SMILES string of the molecule is COCC[C@@H]1CCCN(c2ncc(C#N)c(N)n2)C1. The molecule has 0 amide bonds. The fraction of sp³-hybridized carbons (Fsp3) is 0.615. The zero-order valence-corrected chi connectivity index (χ0v) is 11.2. The summed E-state index contributed by atoms with van der Waals surface area (Å²) in [5.74, 6) is 1.49. The number of nitrogens with two attached hydrogens (primary N) is 1. The lowest BCUT2D eigenvalue weighted by atomic mass is 9.95. The molecule has 0 saturated carbocycles. The Labute approximate surface area is 113 Å². The summed E-state index contributed by atoms with van der Waals surface area (Å²) in [6.45, 7) is 2.65. The fourth-order valence-electron chi connectivity index (χ4n) is 2.39. The molecule has 0 radical (unpaired) electrons. The quantitative estimate of drug-likeness (QED) is 0.875. The topological polar surface area (TPSA) is 88.1 Å². The Bertz CT molecular complexity index is 471. The average Bonchev–Trinajstić information content (AvgIpc) is 2.45. The third kappa shape index (κ3) is 3.32. The van der Waals surface area contributed by atoms with Crippen LogP contribution in [0.1, 0.15) is 24.8 Å². The number of aromatic nitrogens is 2. The number of hydrogen-bond donors (Lipinski definition) is 1. The van der Waals surface area contributed by atoms with Gasteiger partial charge in [0.05, 0.1) is 6.20 Å². The van der Waals surface area contributed by atoms with Gasteiger partial charge in [-0.15, -0.1) is 0 Å². The normalized spacial score (nSPS) is 19.2. The van der Waals surface area contributed by atoms with Crippen LogP contribution in [-0.2, 0) is 4.74 Å². The Kier molecular flexibility index (Phi) is 4.53. The molecule has 0 aromatic carbocycles. The van der Waals surface area contributed by atoms with Crippen molar-refractivity contribution in [1.29, 1.82) is 5.26 Å². The molecule has 1 aromatic heterocycles. The summed E-state index contributed by atoms with van der Waals surface area (Å²) in [7, 11) is 1.73. The van der Waals surface area contributed by atoms with Crippen molar-refractivity contribution in [2.45, 2.75) is 19.3 Å². The second kappa shape index (κ2) is 6.34. The molecule has 102 valence electrons. The van der Waals surface area contributed by atoms with Crippen LogP contribution in [-0.4, -0.2) is 36.8 Å². The monoisotopic (exact) mass is 261 g/mol. The van der Waals surface area contributed by atoms with E-state index < -0.39 is 0 Å². The van der Waals surface area contributed by atoms with E-state index >= 15 is 0 Å². The Balaban J connectivity index is 2.05. The smallest absolute Gasteiger partial charge is 0.227 e. The predicted octanol–water partition coefficient (Wildman–Crippen LogP) is 1.18. The van der Waals surface area contributed by atoms with E-state index in [1.807, 2.05) is 6.07 Å². The first-order valence-electron chi connectivity index (χ1n) is 6.51. The van der Waals surface area contributed by atoms with Crippen LogP contribution >= 0.6 is 0 Å². The molecule has 0 spiro atoms. The molecule has 1 aromatic rings. The molecule has 1 fully saturated rings. The highest BCUT2D eigenvalue weighted by atomic mass is 16.5. The van der Waals surface area contributed by atoms with Gasteiger partial charge in [-0.1, -0.05) is 0 Å². The number of methoxy groups -OCH3 is 1. The fourth-order valence-corrected chi connectivity index (χ4v) is 2.39. The van der Waals surface area contributed by atoms with Crippen molar-refractivity contribution in [1.82, 2.24) is 9.97 Å². The maximum Gasteiger partial charge on any atom is 0.227 e. The molecule has 1 atom stereocenters. The van der Waals surface area contributed by atoms with Gasteiger partial charge < -0.3 is 15.4 Å². The first kappa shape index (κ1) is 13.6. The van der Waals surface area contributed by atoms with Crippen LogP contribution in [0.25, 0.3) is 0 Å². The molecule has 1 saturated heterocycles. The van der Waals surface area contributed by atoms with Crippen LogP contribution in [0.3, 0.4) is 0 Å². The van der Waals surface area contributed by atoms with Crippen molar-refractivity contribution in [3.05, 3.63) is 11.8 Å². The number of ether oxygens (including phenoxy) is 1. The first-order valence-corrected chi connectivity index (χ1v) is 6.51. The van der Waals surface area contributed by atoms with E-state index in [1.54, 1.807) is 7.11 Å². The van der Waals surface area contributed by atoms with Gasteiger partial charge in [0.1, 0.15) is 17.5 Å². The Morgan fingerprint density at radius 3 is 3.16 bits per heavy atom. The molecule has 6 heteroatoms. The van der Waals surface area contributed by atoms with Gasteiger partial charge in [0, 0.05) is 26.8 Å². The number of hydrogen-bond acceptors (Lipinski definition) is 6. The number of nitrogen functional groups attached to an aromatic ring is 1. The zero-order chi connectivity index (χ0) is 13.7. The second-order valence-corrected chi connectivity index (χ2v) is 4.82. The Morgan fingerprint density at radius 2 is 2.47 bits per heavy atom. The van der Waals surface area contributed by atoms with Gasteiger partial charge in [-0.05, 0) is 25.2 Å². The van der Waals surface area contributed by atoms with Gasteiger partial charge in [0.2, 0.25) is 5.95 Å². The van der Waals surface area contributed by atoms with E-state index in [9.17, 15) is 0 Å². The van der Waals surface area contributed by atoms with E-state index in [4.69, 9.17) is 15.7 Å². The number of nitriles is 1. The first-order chi connectivity index (χ1) is 9.24. The van der Waals surface area contributed by atoms with Gasteiger partial charge in [0.25, 0.3) is 0 Å². The van der Waals surface area contributed by atoms with Crippen molar-refractivity contribution in [3.8, 4) is 6.07 Å². The average molecular weight is 261 g/mol. The number of anilines is 2. The summed E-state index contributed by atoms with van der Waals surface area (Å²) in [4.78, 5) is 10.6. The Morgan fingerprint density at radius 1 is 1.63 bits per heavy atom. The van der Waals surface area contributed by atoms with Crippen LogP contribution in [0.2, 0.25) is 0 Å². The molecule has 1 aliphatic heterocycles. The minimum atomic E-state index is 0.256. The van der Waals surface area contributed by atoms with Gasteiger partial charge >= 0.3 is 0 Å². The van der Waals surface area contributed by atoms with Crippen LogP contribution in [0.15, 0.2) is 6.20 Å². The van der Waals surface area contributed by atoms with Gasteiger partial charge in [-0.2, -0.15) is 10.2 Å². The molecule has 2 rings (SSSR count). The predicted molar refractivity (Wildman–Crippen MR) is 72.6 cm³/mol. The molecule has 0 unspecified atom stereocenters. The second-order valence-electron chi connectivity index (χ2n) is 4.82. The largest absolute Gasteiger partial charge is 0.385 e. The minimum absolute atomic E-state index is 0.256. The molecule has 2 N–H and O–H groups in total. The van der Waals surface area contributed by atoms with Gasteiger partial charge in [0.15, 0.2) is 0 Å². The molecule has 6 nitrogen and oxygen atoms in total. The molecule has 19 heavy (non-hydrogen) atoms. The van der Waals surface area contributed by atoms with E-state index in [0.29, 0.717) is 17.4 Å². The van der Waals surface area contributed by atoms with Crippen molar-refractivity contribution < 1.29 is 4.74 Å². The highest BCUT2D eigenvalue weighted by Gasteiger charge is 2.22. The maximum absolute atomic E-state index is 8.82. The third-order valence-electron chi connectivity index (χ3n) is 3.46. The molecular weight excluding hydrogens is 242 g/mol. The summed E-state index contributed by atoms with van der Waals surface area (Å²) in [5, 5.41) is 8.82. The zero-order valence-electron chi connectivity index (χ0n) is 11.2. The van der Waals surface area contributed by atoms with Crippen molar-refractivity contribution in [2.24, 2.45) is 5.92 Å². The molecule has 1 aliphatic rings. The van der Waals surface area contributed by atoms with E-state index in [-0.39, 0.29) is 5.82 Å². The van der Waals surface area contributed by atoms with E-state index in [0.717, 1.165) is 32.5 Å². The van der Waals surface area contributed by atoms with Gasteiger partial charge in [-0.3, -0.25) is 0 Å². The summed E-state index contributed by atoms with van der Waals surface area (Å²) >= 11 is 0. The molecule has 2 heterocycles. The number of piperidine rings is 1. The summed E-state index contributed by atoms with van der Waals surface area (Å²) in [5.41, 5.74) is 6.06. The number of nitrogens with zero attached hydrogens (tertiary/aromatic N) is 4. The van der Waals surface area contributed by atoms with Crippen molar-refractivity contribution in [3.63, 3.8) is 0 Å². The van der Waals surface area contributed by atoms with E-state index in [1.165, 1.54) is 12.6 Å². The molecule has 0 bridgehead atoms. The van der Waals surface area contributed by atoms with Crippen LogP contribution in [0.5, 0.6) is 0 Å². The van der Waals surface area contributed by atoms with Gasteiger partial charge in [-0.25, -0.2) is 4.98 Å². The maximum atomic E-state index is 8.82. The highest BCUT2D eigenvalue weighted by molar-refractivity contribution is 5.50. The lowest BCUT2D eigenvalue weighted by Gasteiger charge is -2.32. The van der Waals surface area contributed by atoms with Crippen molar-refractivity contribution >= 4 is 11.8 Å². The lowest BCUT2D eigenvalue weighted by Crippen LogP contribution is -2.37. The number of rotatable bonds is 4. The van der Waals surface area contributed by atoms with Crippen LogP contribution in [0.4, 0.5) is 11.8 Å². The molecular formula is C13H19N5O. The summed E-state index contributed by atoms with van der Waals surface area (Å²) in [6, 6.07) is 1.98. The summed E-state index contributed by atoms with van der Waals surface area (Å²) < 4.78 is 5.13. The van der Waals surface area contributed by atoms with E-state index in [2.05, 4.69) is 14.9 Å².